The van der Waals surface area contributed by atoms with Crippen molar-refractivity contribution in [1.82, 2.24) is 25.0 Å². The topological polar surface area (TPSA) is 94.2 Å². The van der Waals surface area contributed by atoms with Gasteiger partial charge in [-0.05, 0) is 38.0 Å². The first-order valence-electron chi connectivity index (χ1n) is 10.7. The average molecular weight is 397 g/mol. The number of likely N-dealkylation sites (tertiary alicyclic amines) is 1. The molecule has 154 valence electrons. The highest BCUT2D eigenvalue weighted by Crippen LogP contribution is 2.46. The summed E-state index contributed by atoms with van der Waals surface area (Å²) >= 11 is 0. The molecule has 0 radical (unpaired) electrons. The molecule has 4 heterocycles. The molecule has 0 N–H and O–H groups in total. The largest absolute Gasteiger partial charge is 0.381 e. The van der Waals surface area contributed by atoms with Crippen LogP contribution < -0.4 is 0 Å². The highest BCUT2D eigenvalue weighted by Gasteiger charge is 2.46. The minimum atomic E-state index is -0.225. The molecule has 0 spiro atoms. The Morgan fingerprint density at radius 1 is 1.17 bits per heavy atom. The fraction of sp³-hybridized carbons (Fsp3) is 0.667. The van der Waals surface area contributed by atoms with Crippen molar-refractivity contribution in [3.8, 4) is 0 Å². The summed E-state index contributed by atoms with van der Waals surface area (Å²) in [4.78, 5) is 27.8. The van der Waals surface area contributed by atoms with Gasteiger partial charge in [0, 0.05) is 44.6 Å². The number of aromatic nitrogens is 4. The second-order valence-electron chi connectivity index (χ2n) is 8.73. The molecule has 2 aromatic rings. The first kappa shape index (κ1) is 18.7. The number of carbonyl (C=O) groups excluding carboxylic acids is 1. The molecule has 8 nitrogen and oxygen atoms in total. The second kappa shape index (κ2) is 7.82. The fourth-order valence-corrected chi connectivity index (χ4v) is 4.77. The third-order valence-corrected chi connectivity index (χ3v) is 6.53. The molecule has 0 bridgehead atoms. The first-order valence-corrected chi connectivity index (χ1v) is 10.7. The Balaban J connectivity index is 1.40. The molecule has 2 aliphatic heterocycles. The van der Waals surface area contributed by atoms with Gasteiger partial charge < -0.3 is 14.2 Å². The Morgan fingerprint density at radius 2 is 1.97 bits per heavy atom. The Labute approximate surface area is 170 Å². The molecule has 0 aromatic carbocycles. The van der Waals surface area contributed by atoms with Crippen LogP contribution in [0.4, 0.5) is 0 Å². The Morgan fingerprint density at radius 3 is 2.72 bits per heavy atom. The number of nitrogens with zero attached hydrogens (tertiary/aromatic N) is 5. The van der Waals surface area contributed by atoms with E-state index in [-0.39, 0.29) is 17.2 Å². The summed E-state index contributed by atoms with van der Waals surface area (Å²) in [7, 11) is 0. The summed E-state index contributed by atoms with van der Waals surface area (Å²) in [6, 6.07) is 0. The van der Waals surface area contributed by atoms with E-state index in [1.165, 1.54) is 19.2 Å². The number of hydrogen-bond acceptors (Lipinski definition) is 7. The summed E-state index contributed by atoms with van der Waals surface area (Å²) in [5.41, 5.74) is 0.309. The predicted octanol–water partition coefficient (Wildman–Crippen LogP) is 2.73. The van der Waals surface area contributed by atoms with Gasteiger partial charge in [-0.1, -0.05) is 18.0 Å². The maximum atomic E-state index is 13.0. The molecule has 29 heavy (non-hydrogen) atoms. The van der Waals surface area contributed by atoms with E-state index in [2.05, 4.69) is 15.1 Å². The van der Waals surface area contributed by atoms with Gasteiger partial charge in [-0.15, -0.1) is 0 Å². The molecule has 2 aromatic heterocycles. The van der Waals surface area contributed by atoms with Crippen molar-refractivity contribution in [2.45, 2.75) is 56.3 Å². The van der Waals surface area contributed by atoms with E-state index >= 15 is 0 Å². The molecule has 1 unspecified atom stereocenters. The molecule has 3 aliphatic rings. The lowest BCUT2D eigenvalue weighted by atomic mass is 9.74. The summed E-state index contributed by atoms with van der Waals surface area (Å²) in [6.07, 6.45) is 11.9. The van der Waals surface area contributed by atoms with E-state index in [0.717, 1.165) is 63.6 Å². The van der Waals surface area contributed by atoms with Gasteiger partial charge >= 0.3 is 0 Å². The molecule has 1 saturated carbocycles. The average Bonchev–Trinajstić information content (AvgIpc) is 3.44. The van der Waals surface area contributed by atoms with Gasteiger partial charge in [0.25, 0.3) is 5.91 Å². The number of piperidine rings is 1. The van der Waals surface area contributed by atoms with Crippen molar-refractivity contribution < 1.29 is 14.1 Å². The van der Waals surface area contributed by atoms with Crippen LogP contribution >= 0.6 is 0 Å². The minimum absolute atomic E-state index is 0.0152. The van der Waals surface area contributed by atoms with Gasteiger partial charge in [0.1, 0.15) is 6.33 Å². The zero-order chi connectivity index (χ0) is 19.7. The standard InChI is InChI=1S/C21H27N5O3/c27-19(17-11-22-14-23-12-17)26-7-1-6-21(13-26,10-15-2-3-15)20-24-18(29-25-20)16-4-8-28-9-5-16/h11-12,14-16H,1-10,13H2. The van der Waals surface area contributed by atoms with E-state index < -0.39 is 0 Å². The Bertz CT molecular complexity index is 847. The van der Waals surface area contributed by atoms with Gasteiger partial charge in [0.2, 0.25) is 5.89 Å². The van der Waals surface area contributed by atoms with E-state index in [0.29, 0.717) is 18.0 Å². The van der Waals surface area contributed by atoms with Gasteiger partial charge in [0.05, 0.1) is 11.0 Å². The van der Waals surface area contributed by atoms with E-state index in [9.17, 15) is 4.79 Å². The van der Waals surface area contributed by atoms with Crippen molar-refractivity contribution in [1.29, 1.82) is 0 Å². The molecule has 1 atom stereocenters. The van der Waals surface area contributed by atoms with Crippen LogP contribution in [0.5, 0.6) is 0 Å². The molecular formula is C21H27N5O3. The minimum Gasteiger partial charge on any atom is -0.381 e. The monoisotopic (exact) mass is 397 g/mol. The van der Waals surface area contributed by atoms with Gasteiger partial charge in [-0.25, -0.2) is 9.97 Å². The van der Waals surface area contributed by atoms with Crippen LogP contribution in [-0.4, -0.2) is 57.2 Å². The van der Waals surface area contributed by atoms with E-state index in [1.807, 2.05) is 4.90 Å². The van der Waals surface area contributed by atoms with E-state index in [4.69, 9.17) is 14.2 Å². The third kappa shape index (κ3) is 3.90. The van der Waals surface area contributed by atoms with Crippen LogP contribution in [0.2, 0.25) is 0 Å². The molecule has 1 aliphatic carbocycles. The molecule has 2 saturated heterocycles. The normalized spacial score (nSPS) is 25.9. The van der Waals surface area contributed by atoms with E-state index in [1.54, 1.807) is 12.4 Å². The lowest BCUT2D eigenvalue weighted by Gasteiger charge is -2.41. The molecule has 8 heteroatoms. The zero-order valence-electron chi connectivity index (χ0n) is 16.6. The molecular weight excluding hydrogens is 370 g/mol. The summed E-state index contributed by atoms with van der Waals surface area (Å²) in [5, 5.41) is 4.45. The number of hydrogen-bond donors (Lipinski definition) is 0. The quantitative estimate of drug-likeness (QED) is 0.765. The van der Waals surface area contributed by atoms with Crippen LogP contribution in [0.15, 0.2) is 23.2 Å². The van der Waals surface area contributed by atoms with Gasteiger partial charge in [-0.2, -0.15) is 4.98 Å². The van der Waals surface area contributed by atoms with Gasteiger partial charge in [0.15, 0.2) is 5.82 Å². The molecule has 5 rings (SSSR count). The highest BCUT2D eigenvalue weighted by molar-refractivity contribution is 5.93. The third-order valence-electron chi connectivity index (χ3n) is 6.53. The Hall–Kier alpha value is -2.35. The highest BCUT2D eigenvalue weighted by atomic mass is 16.5. The summed E-state index contributed by atoms with van der Waals surface area (Å²) in [5.74, 6) is 2.49. The van der Waals surface area contributed by atoms with Crippen LogP contribution in [0.1, 0.15) is 72.9 Å². The maximum Gasteiger partial charge on any atom is 0.257 e. The predicted molar refractivity (Wildman–Crippen MR) is 103 cm³/mol. The second-order valence-corrected chi connectivity index (χ2v) is 8.73. The van der Waals surface area contributed by atoms with Crippen LogP contribution in [0, 0.1) is 5.92 Å². The van der Waals surface area contributed by atoms with Crippen molar-refractivity contribution in [2.75, 3.05) is 26.3 Å². The maximum absolute atomic E-state index is 13.0. The van der Waals surface area contributed by atoms with Crippen molar-refractivity contribution in [3.63, 3.8) is 0 Å². The number of rotatable bonds is 5. The lowest BCUT2D eigenvalue weighted by molar-refractivity contribution is 0.0606. The van der Waals surface area contributed by atoms with Crippen molar-refractivity contribution in [2.24, 2.45) is 5.92 Å². The zero-order valence-corrected chi connectivity index (χ0v) is 16.6. The first-order chi connectivity index (χ1) is 14.2. The smallest absolute Gasteiger partial charge is 0.257 e. The Kier molecular flexibility index (Phi) is 5.03. The summed E-state index contributed by atoms with van der Waals surface area (Å²) in [6.45, 7) is 2.86. The van der Waals surface area contributed by atoms with Crippen molar-refractivity contribution in [3.05, 3.63) is 36.0 Å². The molecule has 1 amide bonds. The van der Waals surface area contributed by atoms with Crippen molar-refractivity contribution >= 4 is 5.91 Å². The van der Waals surface area contributed by atoms with Crippen LogP contribution in [-0.2, 0) is 10.2 Å². The number of carbonyl (C=O) groups is 1. The molecule has 3 fully saturated rings. The number of ether oxygens (including phenoxy) is 1. The fourth-order valence-electron chi connectivity index (χ4n) is 4.77. The number of amides is 1. The van der Waals surface area contributed by atoms with Crippen LogP contribution in [0.25, 0.3) is 0 Å². The summed E-state index contributed by atoms with van der Waals surface area (Å²) < 4.78 is 11.2. The lowest BCUT2D eigenvalue weighted by Crippen LogP contribution is -2.49. The van der Waals surface area contributed by atoms with Crippen LogP contribution in [0.3, 0.4) is 0 Å². The SMILES string of the molecule is O=C(c1cncnc1)N1CCCC(CC2CC2)(c2noc(C3CCOCC3)n2)C1. The van der Waals surface area contributed by atoms with Gasteiger partial charge in [-0.3, -0.25) is 4.79 Å².